The van der Waals surface area contributed by atoms with Crippen LogP contribution in [0.2, 0.25) is 0 Å². The molecule has 0 radical (unpaired) electrons. The molecule has 0 bridgehead atoms. The summed E-state index contributed by atoms with van der Waals surface area (Å²) in [5, 5.41) is 8.99. The molecule has 1 fully saturated rings. The molecule has 1 unspecified atom stereocenters. The minimum absolute atomic E-state index is 0.0328. The first-order valence-electron chi connectivity index (χ1n) is 7.05. The van der Waals surface area contributed by atoms with Gasteiger partial charge in [-0.25, -0.2) is 4.79 Å². The van der Waals surface area contributed by atoms with E-state index in [-0.39, 0.29) is 18.5 Å². The van der Waals surface area contributed by atoms with E-state index in [1.807, 2.05) is 13.8 Å². The lowest BCUT2D eigenvalue weighted by molar-refractivity contribution is -0.150. The number of rotatable bonds is 3. The quantitative estimate of drug-likeness (QED) is 0.849. The number of piperazine rings is 1. The average Bonchev–Trinajstić information content (AvgIpc) is 2.28. The van der Waals surface area contributed by atoms with E-state index < -0.39 is 30.1 Å². The minimum Gasteiger partial charge on any atom is -0.481 e. The van der Waals surface area contributed by atoms with E-state index in [1.54, 1.807) is 25.7 Å². The first kappa shape index (κ1) is 17.3. The standard InChI is InChI=1S/C14H24N2O5/c1-9(2)15-6-7-16(13(20)21-14(3,4)5)10(12(15)19)8-11(17)18/h9-10H,6-8H2,1-5H3,(H,17,18). The van der Waals surface area contributed by atoms with Crippen LogP contribution >= 0.6 is 0 Å². The zero-order valence-electron chi connectivity index (χ0n) is 13.3. The number of nitrogens with zero attached hydrogens (tertiary/aromatic N) is 2. The van der Waals surface area contributed by atoms with E-state index in [0.717, 1.165) is 0 Å². The van der Waals surface area contributed by atoms with Crippen LogP contribution in [-0.2, 0) is 14.3 Å². The zero-order valence-corrected chi connectivity index (χ0v) is 13.3. The Morgan fingerprint density at radius 2 is 1.90 bits per heavy atom. The fourth-order valence-corrected chi connectivity index (χ4v) is 2.22. The van der Waals surface area contributed by atoms with E-state index in [4.69, 9.17) is 9.84 Å². The summed E-state index contributed by atoms with van der Waals surface area (Å²) in [5.41, 5.74) is -0.691. The van der Waals surface area contributed by atoms with E-state index in [1.165, 1.54) is 4.90 Å². The highest BCUT2D eigenvalue weighted by Gasteiger charge is 2.41. The topological polar surface area (TPSA) is 87.2 Å². The molecule has 1 saturated heterocycles. The van der Waals surface area contributed by atoms with Crippen LogP contribution in [-0.4, -0.2) is 63.7 Å². The van der Waals surface area contributed by atoms with Crippen LogP contribution in [0.1, 0.15) is 41.0 Å². The van der Waals surface area contributed by atoms with Crippen LogP contribution in [0.3, 0.4) is 0 Å². The normalized spacial score (nSPS) is 19.9. The van der Waals surface area contributed by atoms with Gasteiger partial charge < -0.3 is 14.7 Å². The Morgan fingerprint density at radius 1 is 1.33 bits per heavy atom. The largest absolute Gasteiger partial charge is 0.481 e. The summed E-state index contributed by atoms with van der Waals surface area (Å²) in [6.07, 6.45) is -1.06. The maximum Gasteiger partial charge on any atom is 0.411 e. The Hall–Kier alpha value is -1.79. The van der Waals surface area contributed by atoms with Crippen molar-refractivity contribution in [3.05, 3.63) is 0 Å². The Bertz CT molecular complexity index is 428. The molecule has 1 heterocycles. The summed E-state index contributed by atoms with van der Waals surface area (Å²) >= 11 is 0. The fourth-order valence-electron chi connectivity index (χ4n) is 2.22. The summed E-state index contributed by atoms with van der Waals surface area (Å²) in [7, 11) is 0. The van der Waals surface area contributed by atoms with Crippen molar-refractivity contribution < 1.29 is 24.2 Å². The molecule has 0 saturated carbocycles. The molecule has 1 atom stereocenters. The molecular formula is C14H24N2O5. The molecule has 1 N–H and O–H groups in total. The third-order valence-electron chi connectivity index (χ3n) is 3.15. The van der Waals surface area contributed by atoms with Gasteiger partial charge in [0.1, 0.15) is 11.6 Å². The number of hydrogen-bond donors (Lipinski definition) is 1. The van der Waals surface area contributed by atoms with Gasteiger partial charge in [-0.1, -0.05) is 0 Å². The molecule has 7 heteroatoms. The first-order valence-corrected chi connectivity index (χ1v) is 7.05. The van der Waals surface area contributed by atoms with E-state index in [0.29, 0.717) is 6.54 Å². The summed E-state index contributed by atoms with van der Waals surface area (Å²) in [6, 6.07) is -1.04. The van der Waals surface area contributed by atoms with Gasteiger partial charge in [0.25, 0.3) is 0 Å². The highest BCUT2D eigenvalue weighted by molar-refractivity contribution is 5.90. The minimum atomic E-state index is -1.12. The smallest absolute Gasteiger partial charge is 0.411 e. The van der Waals surface area contributed by atoms with Crippen LogP contribution in [0.25, 0.3) is 0 Å². The molecule has 1 aliphatic rings. The monoisotopic (exact) mass is 300 g/mol. The number of amides is 2. The number of carbonyl (C=O) groups excluding carboxylic acids is 2. The molecular weight excluding hydrogens is 276 g/mol. The van der Waals surface area contributed by atoms with Gasteiger partial charge in [0, 0.05) is 19.1 Å². The van der Waals surface area contributed by atoms with Gasteiger partial charge in [0.2, 0.25) is 5.91 Å². The Morgan fingerprint density at radius 3 is 2.33 bits per heavy atom. The number of ether oxygens (including phenoxy) is 1. The number of hydrogen-bond acceptors (Lipinski definition) is 4. The molecule has 0 aliphatic carbocycles. The molecule has 0 aromatic carbocycles. The highest BCUT2D eigenvalue weighted by Crippen LogP contribution is 2.20. The van der Waals surface area contributed by atoms with Gasteiger partial charge in [-0.3, -0.25) is 14.5 Å². The molecule has 1 aliphatic heterocycles. The van der Waals surface area contributed by atoms with E-state index in [2.05, 4.69) is 0 Å². The predicted molar refractivity (Wildman–Crippen MR) is 75.8 cm³/mol. The fraction of sp³-hybridized carbons (Fsp3) is 0.786. The maximum atomic E-state index is 12.4. The van der Waals surface area contributed by atoms with Gasteiger partial charge >= 0.3 is 12.1 Å². The number of carbonyl (C=O) groups is 3. The number of carboxylic acid groups (broad SMARTS) is 1. The van der Waals surface area contributed by atoms with Gasteiger partial charge in [0.15, 0.2) is 0 Å². The van der Waals surface area contributed by atoms with Crippen LogP contribution in [0.4, 0.5) is 4.79 Å². The molecule has 0 aromatic heterocycles. The molecule has 0 aromatic rings. The second-order valence-electron chi connectivity index (χ2n) is 6.41. The Labute approximate surface area is 124 Å². The van der Waals surface area contributed by atoms with Gasteiger partial charge in [0.05, 0.1) is 6.42 Å². The molecule has 7 nitrogen and oxygen atoms in total. The summed E-state index contributed by atoms with van der Waals surface area (Å²) in [4.78, 5) is 38.4. The lowest BCUT2D eigenvalue weighted by Crippen LogP contribution is -2.61. The Balaban J connectivity index is 2.94. The second kappa shape index (κ2) is 6.32. The molecule has 0 spiro atoms. The van der Waals surface area contributed by atoms with Gasteiger partial charge in [-0.2, -0.15) is 0 Å². The Kier molecular flexibility index (Phi) is 5.20. The van der Waals surface area contributed by atoms with Crippen molar-refractivity contribution >= 4 is 18.0 Å². The van der Waals surface area contributed by atoms with Crippen molar-refractivity contribution in [3.63, 3.8) is 0 Å². The second-order valence-corrected chi connectivity index (χ2v) is 6.41. The van der Waals surface area contributed by atoms with Gasteiger partial charge in [-0.15, -0.1) is 0 Å². The summed E-state index contributed by atoms with van der Waals surface area (Å²) in [6.45, 7) is 9.55. The van der Waals surface area contributed by atoms with E-state index >= 15 is 0 Å². The first-order chi connectivity index (χ1) is 9.53. The lowest BCUT2D eigenvalue weighted by Gasteiger charge is -2.42. The van der Waals surface area contributed by atoms with Crippen LogP contribution in [0, 0.1) is 0 Å². The third kappa shape index (κ3) is 4.61. The molecule has 2 amide bonds. The van der Waals surface area contributed by atoms with E-state index in [9.17, 15) is 14.4 Å². The van der Waals surface area contributed by atoms with Crippen LogP contribution in [0.5, 0.6) is 0 Å². The van der Waals surface area contributed by atoms with Crippen molar-refractivity contribution in [2.75, 3.05) is 13.1 Å². The number of aliphatic carboxylic acids is 1. The van der Waals surface area contributed by atoms with Crippen molar-refractivity contribution in [2.45, 2.75) is 58.7 Å². The number of carboxylic acids is 1. The maximum absolute atomic E-state index is 12.4. The van der Waals surface area contributed by atoms with Crippen molar-refractivity contribution in [2.24, 2.45) is 0 Å². The van der Waals surface area contributed by atoms with Crippen molar-refractivity contribution in [1.82, 2.24) is 9.80 Å². The SMILES string of the molecule is CC(C)N1CCN(C(=O)OC(C)(C)C)C(CC(=O)O)C1=O. The average molecular weight is 300 g/mol. The van der Waals surface area contributed by atoms with Gasteiger partial charge in [-0.05, 0) is 34.6 Å². The lowest BCUT2D eigenvalue weighted by atomic mass is 10.1. The molecule has 120 valence electrons. The van der Waals surface area contributed by atoms with Crippen molar-refractivity contribution in [1.29, 1.82) is 0 Å². The van der Waals surface area contributed by atoms with Crippen LogP contribution < -0.4 is 0 Å². The third-order valence-corrected chi connectivity index (χ3v) is 3.15. The molecule has 21 heavy (non-hydrogen) atoms. The molecule has 1 rings (SSSR count). The predicted octanol–water partition coefficient (Wildman–Crippen LogP) is 1.32. The highest BCUT2D eigenvalue weighted by atomic mass is 16.6. The summed E-state index contributed by atoms with van der Waals surface area (Å²) < 4.78 is 5.26. The zero-order chi connectivity index (χ0) is 16.4. The van der Waals surface area contributed by atoms with Crippen LogP contribution in [0.15, 0.2) is 0 Å². The summed E-state index contributed by atoms with van der Waals surface area (Å²) in [5.74, 6) is -1.46. The van der Waals surface area contributed by atoms with Crippen molar-refractivity contribution in [3.8, 4) is 0 Å².